The van der Waals surface area contributed by atoms with Gasteiger partial charge in [0.25, 0.3) is 0 Å². The van der Waals surface area contributed by atoms with Crippen molar-refractivity contribution in [3.05, 3.63) is 58.2 Å². The molecule has 2 fully saturated rings. The van der Waals surface area contributed by atoms with Crippen molar-refractivity contribution in [1.29, 1.82) is 0 Å². The van der Waals surface area contributed by atoms with Gasteiger partial charge in [0.15, 0.2) is 6.29 Å². The van der Waals surface area contributed by atoms with Crippen LogP contribution in [0.2, 0.25) is 5.02 Å². The van der Waals surface area contributed by atoms with E-state index in [1.54, 1.807) is 26.2 Å². The van der Waals surface area contributed by atoms with Crippen LogP contribution in [0.4, 0.5) is 5.82 Å². The number of likely N-dealkylation sites (N-methyl/N-ethyl adjacent to an activating group) is 1. The fourth-order valence-corrected chi connectivity index (χ4v) is 5.99. The predicted octanol–water partition coefficient (Wildman–Crippen LogP) is 4.20. The third-order valence-electron chi connectivity index (χ3n) is 8.46. The van der Waals surface area contributed by atoms with Crippen LogP contribution >= 0.6 is 11.6 Å². The second-order valence-electron chi connectivity index (χ2n) is 11.3. The smallest absolute Gasteiger partial charge is 0.224 e. The van der Waals surface area contributed by atoms with E-state index in [0.29, 0.717) is 32.6 Å². The summed E-state index contributed by atoms with van der Waals surface area (Å²) in [4.78, 5) is 23.5. The van der Waals surface area contributed by atoms with Crippen LogP contribution in [0.1, 0.15) is 42.9 Å². The minimum atomic E-state index is -0.433. The van der Waals surface area contributed by atoms with E-state index in [1.807, 2.05) is 6.20 Å². The number of anilines is 1. The fourth-order valence-electron chi connectivity index (χ4n) is 5.71. The molecule has 0 saturated carbocycles. The molecule has 10 heteroatoms. The van der Waals surface area contributed by atoms with Crippen LogP contribution in [-0.2, 0) is 43.1 Å². The zero-order valence-electron chi connectivity index (χ0n) is 25.6. The number of benzene rings is 1. The van der Waals surface area contributed by atoms with Crippen LogP contribution in [0.5, 0.6) is 0 Å². The molecule has 3 heterocycles. The van der Waals surface area contributed by atoms with Gasteiger partial charge in [-0.1, -0.05) is 36.7 Å². The molecule has 1 aromatic heterocycles. The number of aryl methyl sites for hydroxylation is 1. The molecule has 2 saturated heterocycles. The summed E-state index contributed by atoms with van der Waals surface area (Å²) in [5.41, 5.74) is 3.41. The first-order valence-electron chi connectivity index (χ1n) is 15.1. The largest absolute Gasteiger partial charge is 0.381 e. The molecule has 42 heavy (non-hydrogen) atoms. The molecule has 4 rings (SSSR count). The average Bonchev–Trinajstić information content (AvgIpc) is 3.02. The molecule has 1 amide bonds. The molecule has 2 aliphatic rings. The number of likely N-dealkylation sites (tertiary alicyclic amines) is 1. The topological polar surface area (TPSA) is 76.6 Å². The number of pyridine rings is 1. The molecule has 0 bridgehead atoms. The molecule has 0 aliphatic carbocycles. The third-order valence-corrected chi connectivity index (χ3v) is 8.95. The highest BCUT2D eigenvalue weighted by Gasteiger charge is 2.40. The highest BCUT2D eigenvalue weighted by molar-refractivity contribution is 6.32. The first-order valence-corrected chi connectivity index (χ1v) is 15.4. The number of amides is 1. The Morgan fingerprint density at radius 2 is 1.90 bits per heavy atom. The predicted molar refractivity (Wildman–Crippen MR) is 165 cm³/mol. The van der Waals surface area contributed by atoms with E-state index in [9.17, 15) is 4.79 Å². The molecule has 2 aromatic rings. The van der Waals surface area contributed by atoms with Crippen molar-refractivity contribution in [2.75, 3.05) is 78.7 Å². The van der Waals surface area contributed by atoms with Gasteiger partial charge in [0, 0.05) is 65.2 Å². The van der Waals surface area contributed by atoms with E-state index in [0.717, 1.165) is 80.6 Å². The van der Waals surface area contributed by atoms with Gasteiger partial charge < -0.3 is 28.7 Å². The molecule has 0 N–H and O–H groups in total. The number of aromatic nitrogens is 1. The summed E-state index contributed by atoms with van der Waals surface area (Å²) in [6, 6.07) is 10.6. The molecular weight excluding hydrogens is 556 g/mol. The second kappa shape index (κ2) is 16.0. The van der Waals surface area contributed by atoms with E-state index in [2.05, 4.69) is 52.0 Å². The number of nitrogens with zero attached hydrogens (tertiary/aromatic N) is 4. The van der Waals surface area contributed by atoms with E-state index in [4.69, 9.17) is 30.5 Å². The third kappa shape index (κ3) is 8.88. The van der Waals surface area contributed by atoms with Crippen molar-refractivity contribution < 1.29 is 23.7 Å². The monoisotopic (exact) mass is 602 g/mol. The first-order chi connectivity index (χ1) is 20.4. The molecule has 0 radical (unpaired) electrons. The molecule has 9 nitrogen and oxygen atoms in total. The van der Waals surface area contributed by atoms with E-state index >= 15 is 0 Å². The normalized spacial score (nSPS) is 17.2. The molecule has 1 spiro atoms. The summed E-state index contributed by atoms with van der Waals surface area (Å²) in [6.07, 6.45) is 5.50. The number of hydrogen-bond donors (Lipinski definition) is 0. The number of morpholine rings is 1. The summed E-state index contributed by atoms with van der Waals surface area (Å²) in [5, 5.41) is 0.810. The van der Waals surface area contributed by atoms with Crippen molar-refractivity contribution in [2.24, 2.45) is 0 Å². The van der Waals surface area contributed by atoms with Gasteiger partial charge in [0.2, 0.25) is 5.91 Å². The maximum absolute atomic E-state index is 12.3. The number of carbonyl (C=O) groups is 1. The number of carbonyl (C=O) groups excluding carboxylic acids is 1. The minimum absolute atomic E-state index is 0.00820. The lowest BCUT2D eigenvalue weighted by molar-refractivity contribution is -0.143. The van der Waals surface area contributed by atoms with Gasteiger partial charge >= 0.3 is 0 Å². The Balaban J connectivity index is 1.21. The maximum atomic E-state index is 12.3. The average molecular weight is 603 g/mol. The van der Waals surface area contributed by atoms with E-state index in [-0.39, 0.29) is 11.5 Å². The van der Waals surface area contributed by atoms with Crippen LogP contribution < -0.4 is 4.90 Å². The number of halogens is 1. The molecule has 2 aliphatic heterocycles. The van der Waals surface area contributed by atoms with Crippen molar-refractivity contribution in [3.8, 4) is 0 Å². The van der Waals surface area contributed by atoms with Gasteiger partial charge in [-0.2, -0.15) is 0 Å². The lowest BCUT2D eigenvalue weighted by atomic mass is 9.89. The van der Waals surface area contributed by atoms with Crippen LogP contribution in [0.15, 0.2) is 36.5 Å². The number of hydrogen-bond acceptors (Lipinski definition) is 8. The standard InChI is InChI=1S/C32H47ClN4O5/c1-5-25-9-14-34-28(21-25)37-17-20-42-32(24-37)12-15-36(16-13-32)22-27-8-6-7-26(31(27)33)10-18-41-19-11-29(38)35(2)23-30(39-3)40-4/h6-9,14,21,30H,5,10-13,15-20,22-24H2,1-4H3. The van der Waals surface area contributed by atoms with Crippen molar-refractivity contribution in [1.82, 2.24) is 14.8 Å². The SMILES string of the molecule is CCc1ccnc(N2CCOC3(CCN(Cc4cccc(CCOCCC(=O)N(C)CC(OC)OC)c4Cl)CC3)C2)c1. The summed E-state index contributed by atoms with van der Waals surface area (Å²) >= 11 is 6.86. The fraction of sp³-hybridized carbons (Fsp3) is 0.625. The van der Waals surface area contributed by atoms with E-state index in [1.165, 1.54) is 5.56 Å². The Bertz CT molecular complexity index is 1140. The summed E-state index contributed by atoms with van der Waals surface area (Å²) in [7, 11) is 4.85. The van der Waals surface area contributed by atoms with Gasteiger partial charge in [-0.25, -0.2) is 4.98 Å². The summed E-state index contributed by atoms with van der Waals surface area (Å²) < 4.78 is 22.5. The minimum Gasteiger partial charge on any atom is -0.381 e. The number of ether oxygens (including phenoxy) is 4. The second-order valence-corrected chi connectivity index (χ2v) is 11.7. The molecule has 232 valence electrons. The van der Waals surface area contributed by atoms with Crippen LogP contribution in [-0.4, -0.2) is 106 Å². The molecule has 0 unspecified atom stereocenters. The van der Waals surface area contributed by atoms with Crippen LogP contribution in [0, 0.1) is 0 Å². The summed E-state index contributed by atoms with van der Waals surface area (Å²) in [6.45, 7) is 8.70. The van der Waals surface area contributed by atoms with Crippen molar-refractivity contribution in [2.45, 2.75) is 57.5 Å². The Labute approximate surface area is 256 Å². The van der Waals surface area contributed by atoms with Gasteiger partial charge in [-0.15, -0.1) is 0 Å². The zero-order chi connectivity index (χ0) is 30.0. The molecular formula is C32H47ClN4O5. The van der Waals surface area contributed by atoms with Gasteiger partial charge in [-0.3, -0.25) is 9.69 Å². The maximum Gasteiger partial charge on any atom is 0.224 e. The Morgan fingerprint density at radius 1 is 1.14 bits per heavy atom. The van der Waals surface area contributed by atoms with Gasteiger partial charge in [-0.05, 0) is 54.5 Å². The zero-order valence-corrected chi connectivity index (χ0v) is 26.4. The van der Waals surface area contributed by atoms with Crippen LogP contribution in [0.3, 0.4) is 0 Å². The quantitative estimate of drug-likeness (QED) is 0.235. The van der Waals surface area contributed by atoms with Crippen molar-refractivity contribution >= 4 is 23.3 Å². The number of piperidine rings is 1. The first kappa shape index (κ1) is 32.6. The highest BCUT2D eigenvalue weighted by atomic mass is 35.5. The Hall–Kier alpha value is -2.27. The molecule has 0 atom stereocenters. The number of rotatable bonds is 14. The highest BCUT2D eigenvalue weighted by Crippen LogP contribution is 2.33. The Kier molecular flexibility index (Phi) is 12.4. The van der Waals surface area contributed by atoms with Crippen LogP contribution in [0.25, 0.3) is 0 Å². The number of methoxy groups -OCH3 is 2. The van der Waals surface area contributed by atoms with Gasteiger partial charge in [0.1, 0.15) is 5.82 Å². The molecule has 1 aromatic carbocycles. The van der Waals surface area contributed by atoms with Crippen molar-refractivity contribution in [3.63, 3.8) is 0 Å². The van der Waals surface area contributed by atoms with E-state index < -0.39 is 6.29 Å². The van der Waals surface area contributed by atoms with Gasteiger partial charge in [0.05, 0.1) is 38.4 Å². The lowest BCUT2D eigenvalue weighted by Crippen LogP contribution is -2.57. The Morgan fingerprint density at radius 3 is 2.64 bits per heavy atom. The summed E-state index contributed by atoms with van der Waals surface area (Å²) in [5.74, 6) is 1.05. The lowest BCUT2D eigenvalue weighted by Gasteiger charge is -2.47.